The lowest BCUT2D eigenvalue weighted by molar-refractivity contribution is 0.128. The number of hydrogen-bond donors (Lipinski definition) is 0. The Kier molecular flexibility index (Phi) is 3.96. The molecule has 1 aromatic rings. The van der Waals surface area contributed by atoms with Crippen LogP contribution in [-0.4, -0.2) is 35.9 Å². The third-order valence-corrected chi connectivity index (χ3v) is 5.13. The van der Waals surface area contributed by atoms with Gasteiger partial charge in [-0.05, 0) is 12.8 Å². The van der Waals surface area contributed by atoms with E-state index in [2.05, 4.69) is 0 Å². The second kappa shape index (κ2) is 5.69. The fourth-order valence-electron chi connectivity index (χ4n) is 2.25. The van der Waals surface area contributed by atoms with Gasteiger partial charge in [0.15, 0.2) is 11.5 Å². The first-order chi connectivity index (χ1) is 9.24. The summed E-state index contributed by atoms with van der Waals surface area (Å²) in [7, 11) is -1.18. The maximum atomic E-state index is 12.4. The highest BCUT2D eigenvalue weighted by atomic mass is 35.5. The van der Waals surface area contributed by atoms with Crippen molar-refractivity contribution in [3.63, 3.8) is 0 Å². The number of fused-ring (bicyclic) bond motifs is 1. The molecule has 0 bridgehead atoms. The summed E-state index contributed by atoms with van der Waals surface area (Å²) in [6, 6.07) is 3.40. The van der Waals surface area contributed by atoms with E-state index in [1.54, 1.807) is 12.1 Å². The van der Waals surface area contributed by atoms with Crippen LogP contribution >= 0.6 is 11.6 Å². The molecule has 0 aliphatic carbocycles. The maximum Gasteiger partial charge on any atom is 0.162 e. The predicted octanol–water partition coefficient (Wildman–Crippen LogP) is 2.40. The summed E-state index contributed by atoms with van der Waals surface area (Å²) in [5.74, 6) is 1.72. The van der Waals surface area contributed by atoms with Gasteiger partial charge < -0.3 is 14.2 Å². The van der Waals surface area contributed by atoms with Crippen molar-refractivity contribution >= 4 is 22.4 Å². The van der Waals surface area contributed by atoms with E-state index in [-0.39, 0.29) is 6.10 Å². The molecule has 0 radical (unpaired) electrons. The van der Waals surface area contributed by atoms with E-state index in [0.717, 1.165) is 19.4 Å². The zero-order chi connectivity index (χ0) is 13.2. The Labute approximate surface area is 119 Å². The normalized spacial score (nSPS) is 23.3. The Morgan fingerprint density at radius 3 is 2.63 bits per heavy atom. The van der Waals surface area contributed by atoms with Crippen LogP contribution in [0, 0.1) is 0 Å². The molecule has 1 saturated heterocycles. The van der Waals surface area contributed by atoms with E-state index in [4.69, 9.17) is 25.8 Å². The number of ether oxygens (including phenoxy) is 3. The molecule has 1 aromatic carbocycles. The average Bonchev–Trinajstić information content (AvgIpc) is 2.90. The molecule has 1 fully saturated rings. The van der Waals surface area contributed by atoms with E-state index in [1.165, 1.54) is 0 Å². The lowest BCUT2D eigenvalue weighted by Crippen LogP contribution is -2.18. The van der Waals surface area contributed by atoms with Crippen LogP contribution < -0.4 is 9.47 Å². The molecule has 6 heteroatoms. The largest absolute Gasteiger partial charge is 0.486 e. The van der Waals surface area contributed by atoms with Gasteiger partial charge in [0.25, 0.3) is 0 Å². The predicted molar refractivity (Wildman–Crippen MR) is 72.7 cm³/mol. The molecule has 2 atom stereocenters. The summed E-state index contributed by atoms with van der Waals surface area (Å²) in [4.78, 5) is 0.599. The fourth-order valence-corrected chi connectivity index (χ4v) is 3.96. The van der Waals surface area contributed by atoms with Crippen LogP contribution in [0.25, 0.3) is 0 Å². The lowest BCUT2D eigenvalue weighted by atomic mass is 10.3. The van der Waals surface area contributed by atoms with Gasteiger partial charge in [-0.3, -0.25) is 4.21 Å². The van der Waals surface area contributed by atoms with E-state index < -0.39 is 10.8 Å². The molecule has 2 heterocycles. The summed E-state index contributed by atoms with van der Waals surface area (Å²) in [6.07, 6.45) is 2.08. The van der Waals surface area contributed by atoms with Crippen LogP contribution in [0.3, 0.4) is 0 Å². The van der Waals surface area contributed by atoms with E-state index >= 15 is 0 Å². The molecular formula is C13H15ClO4S. The molecule has 0 amide bonds. The van der Waals surface area contributed by atoms with Crippen LogP contribution in [-0.2, 0) is 15.5 Å². The van der Waals surface area contributed by atoms with Gasteiger partial charge in [0, 0.05) is 18.7 Å². The molecule has 3 rings (SSSR count). The van der Waals surface area contributed by atoms with Gasteiger partial charge >= 0.3 is 0 Å². The Morgan fingerprint density at radius 2 is 1.95 bits per heavy atom. The van der Waals surface area contributed by atoms with Crippen molar-refractivity contribution in [1.82, 2.24) is 0 Å². The van der Waals surface area contributed by atoms with E-state index in [1.807, 2.05) is 0 Å². The Balaban J connectivity index is 1.81. The standard InChI is InChI=1S/C13H15ClO4S/c14-10-6-11-12(18-5-4-17-11)7-13(10)19(15)8-9-2-1-3-16-9/h6-7,9H,1-5,8H2/t9-,19-/m0/s1. The number of hydrogen-bond acceptors (Lipinski definition) is 4. The molecule has 19 heavy (non-hydrogen) atoms. The van der Waals surface area contributed by atoms with Crippen molar-refractivity contribution < 1.29 is 18.4 Å². The average molecular weight is 303 g/mol. The van der Waals surface area contributed by atoms with Crippen LogP contribution in [0.1, 0.15) is 12.8 Å². The zero-order valence-corrected chi connectivity index (χ0v) is 12.0. The first kappa shape index (κ1) is 13.2. The highest BCUT2D eigenvalue weighted by Crippen LogP contribution is 2.37. The fraction of sp³-hybridized carbons (Fsp3) is 0.538. The summed E-state index contributed by atoms with van der Waals surface area (Å²) in [5, 5.41) is 0.459. The zero-order valence-electron chi connectivity index (χ0n) is 10.4. The highest BCUT2D eigenvalue weighted by molar-refractivity contribution is 7.85. The van der Waals surface area contributed by atoms with Gasteiger partial charge in [-0.2, -0.15) is 0 Å². The first-order valence-corrected chi connectivity index (χ1v) is 8.03. The van der Waals surface area contributed by atoms with Crippen molar-refractivity contribution in [3.8, 4) is 11.5 Å². The summed E-state index contributed by atoms with van der Waals surface area (Å²) < 4.78 is 28.8. The van der Waals surface area contributed by atoms with Gasteiger partial charge in [0.05, 0.1) is 32.6 Å². The summed E-state index contributed by atoms with van der Waals surface area (Å²) >= 11 is 6.17. The SMILES string of the molecule is O=[S@@](C[C@@H]1CCCO1)c1cc2c(cc1Cl)OCCO2. The topological polar surface area (TPSA) is 44.8 Å². The second-order valence-electron chi connectivity index (χ2n) is 4.57. The monoisotopic (exact) mass is 302 g/mol. The molecule has 0 saturated carbocycles. The molecule has 2 aliphatic heterocycles. The minimum atomic E-state index is -1.18. The third-order valence-electron chi connectivity index (χ3n) is 3.20. The third kappa shape index (κ3) is 2.88. The van der Waals surface area contributed by atoms with Gasteiger partial charge in [0.2, 0.25) is 0 Å². The van der Waals surface area contributed by atoms with E-state index in [0.29, 0.717) is 40.4 Å². The second-order valence-corrected chi connectivity index (χ2v) is 6.44. The Bertz CT molecular complexity index is 500. The molecular weight excluding hydrogens is 288 g/mol. The highest BCUT2D eigenvalue weighted by Gasteiger charge is 2.23. The van der Waals surface area contributed by atoms with Crippen molar-refractivity contribution in [2.75, 3.05) is 25.6 Å². The Morgan fingerprint density at radius 1 is 1.21 bits per heavy atom. The molecule has 0 aromatic heterocycles. The van der Waals surface area contributed by atoms with Gasteiger partial charge in [0.1, 0.15) is 13.2 Å². The molecule has 0 unspecified atom stereocenters. The van der Waals surface area contributed by atoms with Crippen LogP contribution in [0.15, 0.2) is 17.0 Å². The van der Waals surface area contributed by atoms with Crippen molar-refractivity contribution in [1.29, 1.82) is 0 Å². The molecule has 0 spiro atoms. The van der Waals surface area contributed by atoms with Crippen LogP contribution in [0.2, 0.25) is 5.02 Å². The lowest BCUT2D eigenvalue weighted by Gasteiger charge is -2.20. The smallest absolute Gasteiger partial charge is 0.162 e. The van der Waals surface area contributed by atoms with Gasteiger partial charge in [-0.25, -0.2) is 0 Å². The quantitative estimate of drug-likeness (QED) is 0.860. The number of rotatable bonds is 3. The minimum Gasteiger partial charge on any atom is -0.486 e. The first-order valence-electron chi connectivity index (χ1n) is 6.33. The van der Waals surface area contributed by atoms with Gasteiger partial charge in [-0.15, -0.1) is 0 Å². The van der Waals surface area contributed by atoms with Crippen LogP contribution in [0.4, 0.5) is 0 Å². The van der Waals surface area contributed by atoms with Crippen molar-refractivity contribution in [2.45, 2.75) is 23.8 Å². The molecule has 4 nitrogen and oxygen atoms in total. The maximum absolute atomic E-state index is 12.4. The van der Waals surface area contributed by atoms with Crippen molar-refractivity contribution in [3.05, 3.63) is 17.2 Å². The van der Waals surface area contributed by atoms with Gasteiger partial charge in [-0.1, -0.05) is 11.6 Å². The molecule has 104 valence electrons. The van der Waals surface area contributed by atoms with Crippen LogP contribution in [0.5, 0.6) is 11.5 Å². The van der Waals surface area contributed by atoms with E-state index in [9.17, 15) is 4.21 Å². The Hall–Kier alpha value is -0.780. The summed E-state index contributed by atoms with van der Waals surface area (Å²) in [6.45, 7) is 1.78. The molecule has 0 N–H and O–H groups in total. The molecule has 2 aliphatic rings. The number of benzene rings is 1. The minimum absolute atomic E-state index is 0.0742. The number of halogens is 1. The van der Waals surface area contributed by atoms with Crippen molar-refractivity contribution in [2.24, 2.45) is 0 Å². The summed E-state index contributed by atoms with van der Waals surface area (Å²) in [5.41, 5.74) is 0.